The quantitative estimate of drug-likeness (QED) is 0.358. The van der Waals surface area contributed by atoms with Crippen LogP contribution in [0.1, 0.15) is 43.6 Å². The number of benzene rings is 1. The van der Waals surface area contributed by atoms with E-state index in [2.05, 4.69) is 20.7 Å². The van der Waals surface area contributed by atoms with Crippen LogP contribution in [0.3, 0.4) is 0 Å². The third-order valence-electron chi connectivity index (χ3n) is 4.37. The van der Waals surface area contributed by atoms with Gasteiger partial charge in [0.15, 0.2) is 5.65 Å². The summed E-state index contributed by atoms with van der Waals surface area (Å²) in [5.74, 6) is -0.0133. The summed E-state index contributed by atoms with van der Waals surface area (Å²) in [6.07, 6.45) is 2.51. The molecule has 182 valence electrons. The predicted octanol–water partition coefficient (Wildman–Crippen LogP) is 3.56. The van der Waals surface area contributed by atoms with E-state index < -0.39 is 23.5 Å². The Morgan fingerprint density at radius 2 is 2.00 bits per heavy atom. The highest BCUT2D eigenvalue weighted by molar-refractivity contribution is 5.95. The molecule has 34 heavy (non-hydrogen) atoms. The van der Waals surface area contributed by atoms with Crippen molar-refractivity contribution < 1.29 is 28.2 Å². The van der Waals surface area contributed by atoms with Gasteiger partial charge in [-0.2, -0.15) is 5.10 Å². The summed E-state index contributed by atoms with van der Waals surface area (Å²) in [4.78, 5) is 28.2. The SMILES string of the molecule is CCOC(=O)c1cnn2ccc(NCc3cc(F)ccc3OCCNC(=O)OC(C)(C)C)nc12. The first-order chi connectivity index (χ1) is 16.2. The summed E-state index contributed by atoms with van der Waals surface area (Å²) in [6.45, 7) is 7.88. The number of fused-ring (bicyclic) bond motifs is 1. The molecular formula is C23H28FN5O5. The fourth-order valence-electron chi connectivity index (χ4n) is 2.96. The zero-order valence-electron chi connectivity index (χ0n) is 19.6. The monoisotopic (exact) mass is 473 g/mol. The van der Waals surface area contributed by atoms with Gasteiger partial charge in [0.2, 0.25) is 0 Å². The zero-order valence-corrected chi connectivity index (χ0v) is 19.6. The number of amides is 1. The van der Waals surface area contributed by atoms with Gasteiger partial charge in [0, 0.05) is 18.3 Å². The largest absolute Gasteiger partial charge is 0.491 e. The van der Waals surface area contributed by atoms with Crippen molar-refractivity contribution >= 4 is 23.5 Å². The summed E-state index contributed by atoms with van der Waals surface area (Å²) < 4.78 is 31.3. The van der Waals surface area contributed by atoms with Gasteiger partial charge in [0.05, 0.1) is 19.3 Å². The molecule has 11 heteroatoms. The smallest absolute Gasteiger partial charge is 0.407 e. The van der Waals surface area contributed by atoms with Gasteiger partial charge in [0.25, 0.3) is 0 Å². The molecule has 1 amide bonds. The molecule has 0 bridgehead atoms. The van der Waals surface area contributed by atoms with Crippen LogP contribution >= 0.6 is 0 Å². The van der Waals surface area contributed by atoms with Crippen molar-refractivity contribution in [3.8, 4) is 5.75 Å². The summed E-state index contributed by atoms with van der Waals surface area (Å²) in [5, 5.41) is 9.80. The number of nitrogens with one attached hydrogen (secondary N) is 2. The van der Waals surface area contributed by atoms with Gasteiger partial charge in [-0.1, -0.05) is 0 Å². The molecule has 0 atom stereocenters. The van der Waals surface area contributed by atoms with Crippen LogP contribution in [0.4, 0.5) is 15.0 Å². The van der Waals surface area contributed by atoms with Crippen LogP contribution in [0.25, 0.3) is 5.65 Å². The minimum absolute atomic E-state index is 0.167. The lowest BCUT2D eigenvalue weighted by atomic mass is 10.2. The van der Waals surface area contributed by atoms with E-state index in [0.717, 1.165) is 0 Å². The van der Waals surface area contributed by atoms with Crippen molar-refractivity contribution in [1.29, 1.82) is 0 Å². The topological polar surface area (TPSA) is 116 Å². The number of alkyl carbamates (subject to hydrolysis) is 1. The van der Waals surface area contributed by atoms with Gasteiger partial charge < -0.3 is 24.8 Å². The molecular weight excluding hydrogens is 445 g/mol. The van der Waals surface area contributed by atoms with Gasteiger partial charge in [-0.3, -0.25) is 0 Å². The number of hydrogen-bond donors (Lipinski definition) is 2. The third-order valence-corrected chi connectivity index (χ3v) is 4.37. The molecule has 0 saturated heterocycles. The number of halogens is 1. The van der Waals surface area contributed by atoms with Crippen molar-refractivity contribution in [2.75, 3.05) is 25.1 Å². The Bertz CT molecular complexity index is 1160. The number of hydrogen-bond acceptors (Lipinski definition) is 8. The first-order valence-corrected chi connectivity index (χ1v) is 10.8. The first kappa shape index (κ1) is 24.7. The van der Waals surface area contributed by atoms with Crippen LogP contribution in [0.5, 0.6) is 5.75 Å². The summed E-state index contributed by atoms with van der Waals surface area (Å²) in [5.41, 5.74) is 0.550. The highest BCUT2D eigenvalue weighted by Gasteiger charge is 2.17. The van der Waals surface area contributed by atoms with Gasteiger partial charge >= 0.3 is 12.1 Å². The van der Waals surface area contributed by atoms with Crippen LogP contribution in [-0.2, 0) is 16.0 Å². The number of esters is 1. The van der Waals surface area contributed by atoms with Gasteiger partial charge in [-0.25, -0.2) is 23.5 Å². The van der Waals surface area contributed by atoms with Crippen molar-refractivity contribution in [2.24, 2.45) is 0 Å². The molecule has 0 radical (unpaired) electrons. The van der Waals surface area contributed by atoms with Crippen molar-refractivity contribution in [2.45, 2.75) is 39.8 Å². The molecule has 0 spiro atoms. The number of aromatic nitrogens is 3. The fraction of sp³-hybridized carbons (Fsp3) is 0.391. The molecule has 3 rings (SSSR count). The Balaban J connectivity index is 1.63. The zero-order chi connectivity index (χ0) is 24.7. The molecule has 0 saturated carbocycles. The average Bonchev–Trinajstić information content (AvgIpc) is 3.18. The first-order valence-electron chi connectivity index (χ1n) is 10.8. The van der Waals surface area contributed by atoms with E-state index in [1.165, 1.54) is 28.9 Å². The second-order valence-electron chi connectivity index (χ2n) is 8.24. The molecule has 0 fully saturated rings. The lowest BCUT2D eigenvalue weighted by Crippen LogP contribution is -2.34. The number of carbonyl (C=O) groups excluding carboxylic acids is 2. The van der Waals surface area contributed by atoms with Crippen molar-refractivity contribution in [1.82, 2.24) is 19.9 Å². The molecule has 0 aliphatic heterocycles. The van der Waals surface area contributed by atoms with Crippen LogP contribution in [0.2, 0.25) is 0 Å². The van der Waals surface area contributed by atoms with E-state index in [9.17, 15) is 14.0 Å². The molecule has 0 unspecified atom stereocenters. The van der Waals surface area contributed by atoms with Crippen LogP contribution < -0.4 is 15.4 Å². The number of ether oxygens (including phenoxy) is 3. The Labute approximate surface area is 196 Å². The van der Waals surface area contributed by atoms with Gasteiger partial charge in [0.1, 0.15) is 35.2 Å². The Hall–Kier alpha value is -3.89. The summed E-state index contributed by atoms with van der Waals surface area (Å²) in [6, 6.07) is 5.85. The van der Waals surface area contributed by atoms with E-state index >= 15 is 0 Å². The van der Waals surface area contributed by atoms with E-state index in [4.69, 9.17) is 14.2 Å². The summed E-state index contributed by atoms with van der Waals surface area (Å²) >= 11 is 0. The normalized spacial score (nSPS) is 11.2. The molecule has 3 aromatic rings. The standard InChI is InChI=1S/C23H28FN5O5/c1-5-32-21(30)17-14-27-29-10-8-19(28-20(17)29)26-13-15-12-16(24)6-7-18(15)33-11-9-25-22(31)34-23(2,3)4/h6-8,10,12,14H,5,9,11,13H2,1-4H3,(H,25,31)(H,26,28). The Morgan fingerprint density at radius 3 is 2.74 bits per heavy atom. The van der Waals surface area contributed by atoms with Gasteiger partial charge in [-0.15, -0.1) is 0 Å². The number of carbonyl (C=O) groups is 2. The van der Waals surface area contributed by atoms with Crippen LogP contribution in [-0.4, -0.2) is 52.0 Å². The predicted molar refractivity (Wildman–Crippen MR) is 122 cm³/mol. The molecule has 0 aliphatic carbocycles. The molecule has 1 aromatic carbocycles. The van der Waals surface area contributed by atoms with Crippen LogP contribution in [0, 0.1) is 5.82 Å². The number of rotatable bonds is 9. The highest BCUT2D eigenvalue weighted by Crippen LogP contribution is 2.21. The van der Waals surface area contributed by atoms with E-state index in [1.807, 2.05) is 0 Å². The van der Waals surface area contributed by atoms with E-state index in [0.29, 0.717) is 22.8 Å². The Morgan fingerprint density at radius 1 is 1.21 bits per heavy atom. The molecule has 2 aromatic heterocycles. The lowest BCUT2D eigenvalue weighted by Gasteiger charge is -2.19. The van der Waals surface area contributed by atoms with Crippen LogP contribution in [0.15, 0.2) is 36.7 Å². The Kier molecular flexibility index (Phi) is 7.87. The van der Waals surface area contributed by atoms with Crippen molar-refractivity contribution in [3.63, 3.8) is 0 Å². The molecule has 2 heterocycles. The maximum atomic E-state index is 13.9. The molecule has 0 aliphatic rings. The maximum absolute atomic E-state index is 13.9. The van der Waals surface area contributed by atoms with Crippen molar-refractivity contribution in [3.05, 3.63) is 53.6 Å². The number of nitrogens with zero attached hydrogens (tertiary/aromatic N) is 3. The molecule has 2 N–H and O–H groups in total. The minimum Gasteiger partial charge on any atom is -0.491 e. The average molecular weight is 474 g/mol. The third kappa shape index (κ3) is 6.80. The summed E-state index contributed by atoms with van der Waals surface area (Å²) in [7, 11) is 0. The lowest BCUT2D eigenvalue weighted by molar-refractivity contribution is 0.0513. The van der Waals surface area contributed by atoms with E-state index in [-0.39, 0.29) is 31.9 Å². The molecule has 10 nitrogen and oxygen atoms in total. The maximum Gasteiger partial charge on any atom is 0.407 e. The second kappa shape index (κ2) is 10.8. The number of anilines is 1. The fourth-order valence-corrected chi connectivity index (χ4v) is 2.96. The van der Waals surface area contributed by atoms with Gasteiger partial charge in [-0.05, 0) is 52.0 Å². The second-order valence-corrected chi connectivity index (χ2v) is 8.24. The minimum atomic E-state index is -0.591. The highest BCUT2D eigenvalue weighted by atomic mass is 19.1. The van der Waals surface area contributed by atoms with E-state index in [1.54, 1.807) is 40.0 Å².